The van der Waals surface area contributed by atoms with Crippen molar-refractivity contribution < 1.29 is 18.7 Å². The molecule has 6 nitrogen and oxygen atoms in total. The van der Waals surface area contributed by atoms with E-state index in [0.717, 1.165) is 60.7 Å². The van der Waals surface area contributed by atoms with Crippen molar-refractivity contribution in [2.24, 2.45) is 5.41 Å². The highest BCUT2D eigenvalue weighted by Crippen LogP contribution is 2.38. The van der Waals surface area contributed by atoms with Crippen LogP contribution in [-0.4, -0.2) is 47.9 Å². The third-order valence-corrected chi connectivity index (χ3v) is 8.39. The fraction of sp³-hybridized carbons (Fsp3) is 0.484. The molecule has 2 aromatic carbocycles. The lowest BCUT2D eigenvalue weighted by molar-refractivity contribution is -0.122. The Labute approximate surface area is 223 Å². The molecular formula is C31H38FN3O3. The van der Waals surface area contributed by atoms with Crippen molar-refractivity contribution in [1.29, 1.82) is 0 Å². The Morgan fingerprint density at radius 1 is 1.05 bits per heavy atom. The molecule has 3 heterocycles. The van der Waals surface area contributed by atoms with Gasteiger partial charge in [0.1, 0.15) is 17.3 Å². The molecular weight excluding hydrogens is 481 g/mol. The minimum atomic E-state index is -0.294. The molecule has 1 fully saturated rings. The van der Waals surface area contributed by atoms with Crippen LogP contribution in [0.2, 0.25) is 0 Å². The van der Waals surface area contributed by atoms with Crippen molar-refractivity contribution in [3.05, 3.63) is 65.1 Å². The van der Waals surface area contributed by atoms with E-state index < -0.39 is 0 Å². The summed E-state index contributed by atoms with van der Waals surface area (Å²) in [5.74, 6) is 0.680. The van der Waals surface area contributed by atoms with E-state index in [0.29, 0.717) is 51.2 Å². The minimum absolute atomic E-state index is 0.0102. The third-order valence-electron chi connectivity index (χ3n) is 8.39. The number of rotatable bonds is 2. The van der Waals surface area contributed by atoms with E-state index in [1.54, 1.807) is 6.07 Å². The zero-order valence-electron chi connectivity index (χ0n) is 22.3. The standard InChI is InChI=1S/C31H38FN3O3/c1-2-24-25-20-23(32)12-13-26(25)34-29(24)30(37)35-17-15-31(16-18-35)14-6-5-9-22-8-3-4-10-27(22)38-19-7-11-28(36)33-21-31/h3-4,8,10,12-13,20,34H,2,5-7,9,11,14-19,21H2,1H3,(H,33,36). The molecule has 1 saturated heterocycles. The summed E-state index contributed by atoms with van der Waals surface area (Å²) in [5.41, 5.74) is 3.46. The Balaban J connectivity index is 1.28. The van der Waals surface area contributed by atoms with Crippen LogP contribution in [0.4, 0.5) is 4.39 Å². The second-order valence-electron chi connectivity index (χ2n) is 10.9. The van der Waals surface area contributed by atoms with Crippen molar-refractivity contribution in [3.63, 3.8) is 0 Å². The molecule has 202 valence electrons. The van der Waals surface area contributed by atoms with Gasteiger partial charge in [0.2, 0.25) is 5.91 Å². The van der Waals surface area contributed by atoms with Gasteiger partial charge in [-0.25, -0.2) is 4.39 Å². The molecule has 0 radical (unpaired) electrons. The van der Waals surface area contributed by atoms with Crippen LogP contribution in [0.3, 0.4) is 0 Å². The number of amides is 2. The maximum absolute atomic E-state index is 13.9. The maximum Gasteiger partial charge on any atom is 0.270 e. The Morgan fingerprint density at radius 3 is 2.68 bits per heavy atom. The number of benzene rings is 2. The number of hydrogen-bond donors (Lipinski definition) is 2. The highest BCUT2D eigenvalue weighted by atomic mass is 19.1. The predicted octanol–water partition coefficient (Wildman–Crippen LogP) is 5.79. The van der Waals surface area contributed by atoms with E-state index in [1.807, 2.05) is 24.0 Å². The Kier molecular flexibility index (Phi) is 8.01. The van der Waals surface area contributed by atoms with E-state index in [4.69, 9.17) is 4.74 Å². The molecule has 5 rings (SSSR count). The normalized spacial score (nSPS) is 18.9. The van der Waals surface area contributed by atoms with Gasteiger partial charge in [0.05, 0.1) is 6.61 Å². The van der Waals surface area contributed by atoms with Crippen LogP contribution < -0.4 is 10.1 Å². The zero-order valence-corrected chi connectivity index (χ0v) is 22.3. The van der Waals surface area contributed by atoms with E-state index in [2.05, 4.69) is 22.4 Å². The summed E-state index contributed by atoms with van der Waals surface area (Å²) in [7, 11) is 0. The number of aromatic nitrogens is 1. The van der Waals surface area contributed by atoms with Gasteiger partial charge in [-0.1, -0.05) is 31.5 Å². The molecule has 0 unspecified atom stereocenters. The lowest BCUT2D eigenvalue weighted by Crippen LogP contribution is -2.48. The Hall–Kier alpha value is -3.35. The first-order valence-corrected chi connectivity index (χ1v) is 14.0. The molecule has 2 N–H and O–H groups in total. The van der Waals surface area contributed by atoms with E-state index >= 15 is 0 Å². The average Bonchev–Trinajstić information content (AvgIpc) is 3.30. The number of nitrogens with zero attached hydrogens (tertiary/aromatic N) is 1. The highest BCUT2D eigenvalue weighted by molar-refractivity contribution is 6.01. The van der Waals surface area contributed by atoms with Crippen LogP contribution in [0.5, 0.6) is 5.75 Å². The van der Waals surface area contributed by atoms with Crippen LogP contribution in [0, 0.1) is 11.2 Å². The van der Waals surface area contributed by atoms with Crippen molar-refractivity contribution >= 4 is 22.7 Å². The summed E-state index contributed by atoms with van der Waals surface area (Å²) in [6, 6.07) is 12.8. The van der Waals surface area contributed by atoms with Gasteiger partial charge < -0.3 is 19.9 Å². The number of nitrogens with one attached hydrogen (secondary N) is 2. The molecule has 0 aliphatic carbocycles. The third kappa shape index (κ3) is 5.71. The molecule has 0 atom stereocenters. The summed E-state index contributed by atoms with van der Waals surface area (Å²) >= 11 is 0. The van der Waals surface area contributed by atoms with E-state index in [1.165, 1.54) is 17.7 Å². The fourth-order valence-electron chi connectivity index (χ4n) is 6.08. The van der Waals surface area contributed by atoms with Crippen molar-refractivity contribution in [1.82, 2.24) is 15.2 Å². The number of aromatic amines is 1. The highest BCUT2D eigenvalue weighted by Gasteiger charge is 2.37. The molecule has 1 aromatic heterocycles. The van der Waals surface area contributed by atoms with Gasteiger partial charge in [-0.3, -0.25) is 9.59 Å². The topological polar surface area (TPSA) is 74.4 Å². The fourth-order valence-corrected chi connectivity index (χ4v) is 6.08. The molecule has 0 saturated carbocycles. The number of fused-ring (bicyclic) bond motifs is 2. The number of hydrogen-bond acceptors (Lipinski definition) is 3. The number of carbonyl (C=O) groups is 2. The number of ether oxygens (including phenoxy) is 1. The first-order chi connectivity index (χ1) is 18.5. The molecule has 2 aliphatic heterocycles. The number of aryl methyl sites for hydroxylation is 2. The van der Waals surface area contributed by atoms with Gasteiger partial charge in [-0.15, -0.1) is 0 Å². The average molecular weight is 520 g/mol. The summed E-state index contributed by atoms with van der Waals surface area (Å²) < 4.78 is 19.8. The first-order valence-electron chi connectivity index (χ1n) is 14.0. The number of H-pyrrole nitrogens is 1. The van der Waals surface area contributed by atoms with Crippen molar-refractivity contribution in [2.45, 2.75) is 64.7 Å². The number of carbonyl (C=O) groups excluding carboxylic acids is 2. The van der Waals surface area contributed by atoms with Crippen molar-refractivity contribution in [2.75, 3.05) is 26.2 Å². The van der Waals surface area contributed by atoms with Crippen LogP contribution >= 0.6 is 0 Å². The summed E-state index contributed by atoms with van der Waals surface area (Å²) in [6.07, 6.45) is 7.62. The van der Waals surface area contributed by atoms with Gasteiger partial charge >= 0.3 is 0 Å². The number of para-hydroxylation sites is 1. The summed E-state index contributed by atoms with van der Waals surface area (Å²) in [6.45, 7) is 4.48. The monoisotopic (exact) mass is 519 g/mol. The quantitative estimate of drug-likeness (QED) is 0.450. The van der Waals surface area contributed by atoms with Gasteiger partial charge in [-0.05, 0) is 85.8 Å². The van der Waals surface area contributed by atoms with Gasteiger partial charge in [-0.2, -0.15) is 0 Å². The minimum Gasteiger partial charge on any atom is -0.493 e. The predicted molar refractivity (Wildman–Crippen MR) is 147 cm³/mol. The van der Waals surface area contributed by atoms with Crippen LogP contribution in [0.25, 0.3) is 10.9 Å². The summed E-state index contributed by atoms with van der Waals surface area (Å²) in [5, 5.41) is 3.98. The summed E-state index contributed by atoms with van der Waals surface area (Å²) in [4.78, 5) is 31.4. The Bertz CT molecular complexity index is 1290. The zero-order chi connectivity index (χ0) is 26.5. The molecule has 7 heteroatoms. The van der Waals surface area contributed by atoms with Crippen LogP contribution in [0.15, 0.2) is 42.5 Å². The molecule has 2 aliphatic rings. The number of halogens is 1. The van der Waals surface area contributed by atoms with Crippen molar-refractivity contribution in [3.8, 4) is 5.75 Å². The van der Waals surface area contributed by atoms with Crippen LogP contribution in [0.1, 0.15) is 73.5 Å². The number of piperidine rings is 1. The van der Waals surface area contributed by atoms with Gasteiger partial charge in [0, 0.05) is 37.0 Å². The molecule has 38 heavy (non-hydrogen) atoms. The lowest BCUT2D eigenvalue weighted by atomic mass is 9.74. The Morgan fingerprint density at radius 2 is 1.87 bits per heavy atom. The number of likely N-dealkylation sites (tertiary alicyclic amines) is 1. The SMILES string of the molecule is CCc1c(C(=O)N2CCC3(CCCCc4ccccc4OCCCC(=O)NC3)CC2)[nH]c2ccc(F)cc12. The molecule has 1 spiro atoms. The largest absolute Gasteiger partial charge is 0.493 e. The van der Waals surface area contributed by atoms with Gasteiger partial charge in [0.15, 0.2) is 0 Å². The van der Waals surface area contributed by atoms with Crippen LogP contribution in [-0.2, 0) is 17.6 Å². The second kappa shape index (κ2) is 11.6. The molecule has 0 bridgehead atoms. The molecule has 2 amide bonds. The van der Waals surface area contributed by atoms with E-state index in [9.17, 15) is 14.0 Å². The first kappa shape index (κ1) is 26.3. The van der Waals surface area contributed by atoms with Gasteiger partial charge in [0.25, 0.3) is 5.91 Å². The maximum atomic E-state index is 13.9. The second-order valence-corrected chi connectivity index (χ2v) is 10.9. The van der Waals surface area contributed by atoms with E-state index in [-0.39, 0.29) is 23.0 Å². The molecule has 3 aromatic rings. The lowest BCUT2D eigenvalue weighted by Gasteiger charge is -2.42. The smallest absolute Gasteiger partial charge is 0.270 e.